The molecule has 2 aromatic rings. The number of benzene rings is 1. The summed E-state index contributed by atoms with van der Waals surface area (Å²) in [5, 5.41) is 1.07. The maximum Gasteiger partial charge on any atom is 0.410 e. The van der Waals surface area contributed by atoms with Crippen LogP contribution in [0.3, 0.4) is 0 Å². The van der Waals surface area contributed by atoms with E-state index in [2.05, 4.69) is 22.8 Å². The number of aldehydes is 1. The summed E-state index contributed by atoms with van der Waals surface area (Å²) < 4.78 is 16.7. The van der Waals surface area contributed by atoms with Crippen LogP contribution in [0.5, 0.6) is 5.75 Å². The van der Waals surface area contributed by atoms with Crippen molar-refractivity contribution in [2.24, 2.45) is 0 Å². The first-order valence-electron chi connectivity index (χ1n) is 15.4. The molecule has 0 saturated heterocycles. The summed E-state index contributed by atoms with van der Waals surface area (Å²) in [6.07, 6.45) is 3.14. The Balaban J connectivity index is 2.04. The number of amides is 1. The number of rotatable bonds is 12. The Morgan fingerprint density at radius 3 is 2.36 bits per heavy atom. The number of carbonyl (C=O) groups excluding carboxylic acids is 3. The highest BCUT2D eigenvalue weighted by molar-refractivity contribution is 5.89. The maximum atomic E-state index is 12.5. The van der Waals surface area contributed by atoms with E-state index in [9.17, 15) is 14.4 Å². The van der Waals surface area contributed by atoms with Crippen molar-refractivity contribution < 1.29 is 28.6 Å². The van der Waals surface area contributed by atoms with Crippen LogP contribution < -0.4 is 4.74 Å². The summed E-state index contributed by atoms with van der Waals surface area (Å²) in [4.78, 5) is 46.8. The third kappa shape index (κ3) is 9.06. The molecule has 0 radical (unpaired) electrons. The van der Waals surface area contributed by atoms with Crippen LogP contribution in [0.25, 0.3) is 16.6 Å². The predicted octanol–water partition coefficient (Wildman–Crippen LogP) is 5.62. The number of aryl methyl sites for hydroxylation is 1. The average molecular weight is 623 g/mol. The Morgan fingerprint density at radius 2 is 1.78 bits per heavy atom. The molecule has 1 aromatic carbocycles. The SMILES string of the molecule is CCc1c2c(nc3ccc(OC(C)(C)C)cc13)/C(=C/C(=C(\C=O)COC=O)C(C)N(C)CCN(C)C(=O)OC(C)(C)C)N(C)C2. The van der Waals surface area contributed by atoms with Gasteiger partial charge >= 0.3 is 6.09 Å². The number of carbonyl (C=O) groups is 3. The van der Waals surface area contributed by atoms with Crippen molar-refractivity contribution in [2.45, 2.75) is 85.6 Å². The zero-order valence-corrected chi connectivity index (χ0v) is 28.8. The zero-order chi connectivity index (χ0) is 33.7. The second-order valence-electron chi connectivity index (χ2n) is 13.6. The Kier molecular flexibility index (Phi) is 11.4. The van der Waals surface area contributed by atoms with Gasteiger partial charge in [0.25, 0.3) is 6.47 Å². The number of nitrogens with zero attached hydrogens (tertiary/aromatic N) is 4. The average Bonchev–Trinajstić information content (AvgIpc) is 3.25. The van der Waals surface area contributed by atoms with Crippen LogP contribution in [0.2, 0.25) is 0 Å². The second kappa shape index (κ2) is 14.5. The van der Waals surface area contributed by atoms with E-state index < -0.39 is 11.7 Å². The van der Waals surface area contributed by atoms with Crippen molar-refractivity contribution in [1.82, 2.24) is 19.7 Å². The normalized spacial score (nSPS) is 15.6. The van der Waals surface area contributed by atoms with Crippen molar-refractivity contribution in [3.8, 4) is 5.75 Å². The van der Waals surface area contributed by atoms with Gasteiger partial charge in [0.15, 0.2) is 0 Å². The minimum atomic E-state index is -0.590. The fourth-order valence-corrected chi connectivity index (χ4v) is 5.34. The van der Waals surface area contributed by atoms with E-state index in [1.807, 2.05) is 80.8 Å². The molecule has 10 nitrogen and oxygen atoms in total. The Bertz CT molecular complexity index is 1470. The van der Waals surface area contributed by atoms with Gasteiger partial charge in [0.2, 0.25) is 0 Å². The van der Waals surface area contributed by atoms with Crippen LogP contribution in [0, 0.1) is 0 Å². The van der Waals surface area contributed by atoms with Crippen LogP contribution in [0.15, 0.2) is 35.4 Å². The van der Waals surface area contributed by atoms with Gasteiger partial charge in [-0.3, -0.25) is 14.5 Å². The molecule has 0 spiro atoms. The number of pyridine rings is 1. The zero-order valence-electron chi connectivity index (χ0n) is 28.8. The van der Waals surface area contributed by atoms with Crippen molar-refractivity contribution in [1.29, 1.82) is 0 Å². The van der Waals surface area contributed by atoms with Crippen LogP contribution >= 0.6 is 0 Å². The van der Waals surface area contributed by atoms with Crippen LogP contribution in [-0.2, 0) is 32.0 Å². The summed E-state index contributed by atoms with van der Waals surface area (Å²) in [6.45, 7) is 17.5. The van der Waals surface area contributed by atoms with E-state index in [0.717, 1.165) is 46.3 Å². The standard InChI is InChI=1S/C35H50N4O6/c1-12-26-28-17-25(44-34(3,4)5)13-14-30(28)36-32-29(26)19-39(11)31(32)18-27(24(20-40)21-43-22-41)23(2)37(9)15-16-38(10)33(42)45-35(6,7)8/h13-14,17-18,20,22-23H,12,15-16,19,21H2,1-11H3/b27-24-,31-18-. The van der Waals surface area contributed by atoms with Crippen molar-refractivity contribution in [2.75, 3.05) is 40.8 Å². The van der Waals surface area contributed by atoms with E-state index in [4.69, 9.17) is 19.2 Å². The second-order valence-corrected chi connectivity index (χ2v) is 13.6. The molecular weight excluding hydrogens is 572 g/mol. The van der Waals surface area contributed by atoms with Crippen LogP contribution in [0.4, 0.5) is 4.79 Å². The first kappa shape index (κ1) is 35.6. The number of hydrogen-bond donors (Lipinski definition) is 0. The van der Waals surface area contributed by atoms with E-state index in [1.54, 1.807) is 7.05 Å². The molecule has 0 fully saturated rings. The molecule has 1 atom stereocenters. The molecule has 1 amide bonds. The molecule has 1 aromatic heterocycles. The van der Waals surface area contributed by atoms with Gasteiger partial charge < -0.3 is 24.0 Å². The van der Waals surface area contributed by atoms with Gasteiger partial charge in [-0.25, -0.2) is 9.78 Å². The maximum absolute atomic E-state index is 12.5. The number of aromatic nitrogens is 1. The number of ether oxygens (including phenoxy) is 3. The summed E-state index contributed by atoms with van der Waals surface area (Å²) in [6, 6.07) is 5.76. The lowest BCUT2D eigenvalue weighted by Gasteiger charge is -2.30. The van der Waals surface area contributed by atoms with Crippen molar-refractivity contribution in [3.05, 3.63) is 52.2 Å². The monoisotopic (exact) mass is 622 g/mol. The molecule has 0 saturated carbocycles. The first-order chi connectivity index (χ1) is 21.0. The highest BCUT2D eigenvalue weighted by atomic mass is 16.6. The van der Waals surface area contributed by atoms with Crippen LogP contribution in [0.1, 0.15) is 72.2 Å². The molecule has 1 unspecified atom stereocenters. The highest BCUT2D eigenvalue weighted by Crippen LogP contribution is 2.38. The first-order valence-corrected chi connectivity index (χ1v) is 15.4. The lowest BCUT2D eigenvalue weighted by atomic mass is 9.96. The summed E-state index contributed by atoms with van der Waals surface area (Å²) in [7, 11) is 5.64. The predicted molar refractivity (Wildman–Crippen MR) is 177 cm³/mol. The minimum absolute atomic E-state index is 0.152. The third-order valence-corrected chi connectivity index (χ3v) is 7.72. The fraction of sp³-hybridized carbons (Fsp3) is 0.543. The Hall–Kier alpha value is -3.92. The van der Waals surface area contributed by atoms with Gasteiger partial charge in [-0.2, -0.15) is 0 Å². The molecule has 45 heavy (non-hydrogen) atoms. The fourth-order valence-electron chi connectivity index (χ4n) is 5.34. The lowest BCUT2D eigenvalue weighted by molar-refractivity contribution is -0.128. The van der Waals surface area contributed by atoms with Gasteiger partial charge in [0.1, 0.15) is 29.8 Å². The van der Waals surface area contributed by atoms with Gasteiger partial charge in [-0.05, 0) is 97.3 Å². The lowest BCUT2D eigenvalue weighted by Crippen LogP contribution is -2.41. The molecule has 10 heteroatoms. The third-order valence-electron chi connectivity index (χ3n) is 7.72. The largest absolute Gasteiger partial charge is 0.488 e. The van der Waals surface area contributed by atoms with E-state index in [1.165, 1.54) is 10.5 Å². The number of fused-ring (bicyclic) bond motifs is 2. The molecule has 3 rings (SSSR count). The van der Waals surface area contributed by atoms with Crippen molar-refractivity contribution >= 4 is 35.5 Å². The Morgan fingerprint density at radius 1 is 1.09 bits per heavy atom. The molecule has 0 N–H and O–H groups in total. The molecule has 246 valence electrons. The highest BCUT2D eigenvalue weighted by Gasteiger charge is 2.29. The summed E-state index contributed by atoms with van der Waals surface area (Å²) >= 11 is 0. The molecular formula is C35H50N4O6. The van der Waals surface area contributed by atoms with Crippen molar-refractivity contribution in [3.63, 3.8) is 0 Å². The molecule has 0 bridgehead atoms. The van der Waals surface area contributed by atoms with Gasteiger partial charge in [-0.15, -0.1) is 0 Å². The van der Waals surface area contributed by atoms with E-state index in [-0.39, 0.29) is 18.2 Å². The summed E-state index contributed by atoms with van der Waals surface area (Å²) in [5.41, 5.74) is 5.12. The Labute approximate surface area is 268 Å². The quantitative estimate of drug-likeness (QED) is 0.221. The van der Waals surface area contributed by atoms with Gasteiger partial charge in [0.05, 0.1) is 16.9 Å². The molecule has 0 aliphatic carbocycles. The smallest absolute Gasteiger partial charge is 0.410 e. The van der Waals surface area contributed by atoms with Gasteiger partial charge in [0, 0.05) is 56.3 Å². The molecule has 1 aliphatic heterocycles. The molecule has 1 aliphatic rings. The van der Waals surface area contributed by atoms with E-state index >= 15 is 0 Å². The van der Waals surface area contributed by atoms with E-state index in [0.29, 0.717) is 37.3 Å². The number of hydrogen-bond acceptors (Lipinski definition) is 9. The summed E-state index contributed by atoms with van der Waals surface area (Å²) in [5.74, 6) is 0.804. The minimum Gasteiger partial charge on any atom is -0.488 e. The van der Waals surface area contributed by atoms with Gasteiger partial charge in [-0.1, -0.05) is 6.92 Å². The topological polar surface area (TPSA) is 102 Å². The number of likely N-dealkylation sites (N-methyl/N-ethyl adjacent to an activating group) is 2. The van der Waals surface area contributed by atoms with Crippen LogP contribution in [-0.4, -0.2) is 96.6 Å². The molecule has 2 heterocycles.